The van der Waals surface area contributed by atoms with Crippen LogP contribution in [0.4, 0.5) is 38.8 Å². The molecule has 2 atom stereocenters. The SMILES string of the molecule is CC1(COc2nc(N3CC4CCC(C3)N4)c3cc(C(F)(F)F)c(-c4ccc(F)c5sc(N)c(C#N)c45)c(F)c3n2)CN(c2ncco2)C1. The lowest BCUT2D eigenvalue weighted by Gasteiger charge is -2.46. The number of thiophene rings is 1. The molecule has 248 valence electrons. The predicted molar refractivity (Wildman–Crippen MR) is 169 cm³/mol. The molecule has 3 aliphatic rings. The van der Waals surface area contributed by atoms with E-state index in [0.717, 1.165) is 31.0 Å². The van der Waals surface area contributed by atoms with Gasteiger partial charge in [-0.1, -0.05) is 13.0 Å². The molecule has 3 saturated heterocycles. The molecule has 2 bridgehead atoms. The van der Waals surface area contributed by atoms with E-state index in [0.29, 0.717) is 43.5 Å². The molecule has 8 rings (SSSR count). The van der Waals surface area contributed by atoms with Crippen LogP contribution >= 0.6 is 11.3 Å². The summed E-state index contributed by atoms with van der Waals surface area (Å²) in [6, 6.07) is 5.14. The maximum Gasteiger partial charge on any atom is 0.417 e. The number of nitriles is 1. The molecule has 10 nitrogen and oxygen atoms in total. The van der Waals surface area contributed by atoms with Crippen LogP contribution in [0.3, 0.4) is 0 Å². The summed E-state index contributed by atoms with van der Waals surface area (Å²) in [5, 5.41) is 12.9. The molecule has 3 N–H and O–H groups in total. The zero-order chi connectivity index (χ0) is 33.5. The average molecular weight is 683 g/mol. The van der Waals surface area contributed by atoms with E-state index in [1.165, 1.54) is 6.26 Å². The molecule has 5 aromatic rings. The van der Waals surface area contributed by atoms with Crippen LogP contribution < -0.4 is 25.6 Å². The summed E-state index contributed by atoms with van der Waals surface area (Å²) in [4.78, 5) is 16.9. The Hall–Kier alpha value is -4.75. The Bertz CT molecular complexity index is 2110. The number of nitrogens with zero attached hydrogens (tertiary/aromatic N) is 6. The summed E-state index contributed by atoms with van der Waals surface area (Å²) < 4.78 is 87.8. The van der Waals surface area contributed by atoms with Crippen molar-refractivity contribution in [2.24, 2.45) is 5.41 Å². The number of anilines is 3. The number of hydrogen-bond acceptors (Lipinski definition) is 11. The van der Waals surface area contributed by atoms with Crippen molar-refractivity contribution in [1.82, 2.24) is 20.3 Å². The molecule has 0 aliphatic carbocycles. The molecular formula is C32H27F5N8O2S. The summed E-state index contributed by atoms with van der Waals surface area (Å²) in [5.74, 6) is -1.95. The van der Waals surface area contributed by atoms with E-state index < -0.39 is 28.9 Å². The summed E-state index contributed by atoms with van der Waals surface area (Å²) >= 11 is 0.712. The number of benzene rings is 2. The number of piperazine rings is 1. The number of fused-ring (bicyclic) bond motifs is 4. The predicted octanol–water partition coefficient (Wildman–Crippen LogP) is 6.10. The fraction of sp³-hybridized carbons (Fsp3) is 0.375. The van der Waals surface area contributed by atoms with Gasteiger partial charge in [0.2, 0.25) is 0 Å². The number of aromatic nitrogens is 3. The fourth-order valence-corrected chi connectivity index (χ4v) is 8.12. The Balaban J connectivity index is 1.29. The van der Waals surface area contributed by atoms with E-state index in [1.807, 2.05) is 22.8 Å². The van der Waals surface area contributed by atoms with Crippen LogP contribution in [0.5, 0.6) is 6.01 Å². The zero-order valence-corrected chi connectivity index (χ0v) is 26.2. The number of ether oxygens (including phenoxy) is 1. The van der Waals surface area contributed by atoms with Crippen LogP contribution in [0.25, 0.3) is 32.1 Å². The van der Waals surface area contributed by atoms with Gasteiger partial charge in [0.1, 0.15) is 41.1 Å². The molecule has 3 aromatic heterocycles. The zero-order valence-electron chi connectivity index (χ0n) is 25.4. The van der Waals surface area contributed by atoms with Crippen molar-refractivity contribution in [1.29, 1.82) is 5.26 Å². The first kappa shape index (κ1) is 30.6. The summed E-state index contributed by atoms with van der Waals surface area (Å²) in [7, 11) is 0. The number of halogens is 5. The van der Waals surface area contributed by atoms with Crippen molar-refractivity contribution in [2.75, 3.05) is 48.3 Å². The van der Waals surface area contributed by atoms with Gasteiger partial charge in [0, 0.05) is 60.0 Å². The Morgan fingerprint density at radius 2 is 1.92 bits per heavy atom. The number of alkyl halides is 3. The van der Waals surface area contributed by atoms with Gasteiger partial charge in [-0.05, 0) is 30.5 Å². The maximum absolute atomic E-state index is 17.0. The highest BCUT2D eigenvalue weighted by atomic mass is 32.1. The smallest absolute Gasteiger partial charge is 0.417 e. The molecule has 0 saturated carbocycles. The first-order valence-electron chi connectivity index (χ1n) is 15.2. The summed E-state index contributed by atoms with van der Waals surface area (Å²) in [5.41, 5.74) is 2.49. The fourth-order valence-electron chi connectivity index (χ4n) is 7.17. The van der Waals surface area contributed by atoms with E-state index in [-0.39, 0.29) is 73.1 Å². The first-order valence-corrected chi connectivity index (χ1v) is 16.0. The molecule has 16 heteroatoms. The van der Waals surface area contributed by atoms with Gasteiger partial charge in [-0.25, -0.2) is 13.8 Å². The van der Waals surface area contributed by atoms with Crippen molar-refractivity contribution in [3.63, 3.8) is 0 Å². The van der Waals surface area contributed by atoms with Crippen molar-refractivity contribution in [2.45, 2.75) is 38.0 Å². The Morgan fingerprint density at radius 1 is 1.17 bits per heavy atom. The largest absolute Gasteiger partial charge is 0.463 e. The third-order valence-electron chi connectivity index (χ3n) is 9.30. The van der Waals surface area contributed by atoms with Gasteiger partial charge < -0.3 is 30.0 Å². The van der Waals surface area contributed by atoms with Gasteiger partial charge in [0.25, 0.3) is 6.01 Å². The lowest BCUT2D eigenvalue weighted by molar-refractivity contribution is -0.137. The second-order valence-electron chi connectivity index (χ2n) is 12.9. The number of rotatable bonds is 6. The monoisotopic (exact) mass is 682 g/mol. The number of nitrogen functional groups attached to an aromatic ring is 1. The van der Waals surface area contributed by atoms with Crippen LogP contribution in [0.2, 0.25) is 0 Å². The summed E-state index contributed by atoms with van der Waals surface area (Å²) in [6.45, 7) is 4.12. The van der Waals surface area contributed by atoms with Crippen molar-refractivity contribution < 1.29 is 31.1 Å². The number of oxazole rings is 1. The standard InChI is InChI=1S/C32H27F5N8O2S/c1-31(12-45(13-31)30-40-6-7-46-30)14-47-29-42-25-18(28(43-29)44-10-15-2-3-16(11-44)41-15)8-20(32(35,36)37)23(24(25)34)17-4-5-21(33)26-22(17)19(9-38)27(39)48-26/h4-8,15-16,41H,2-3,10-14,39H2,1H3. The summed E-state index contributed by atoms with van der Waals surface area (Å²) in [6.07, 6.45) is -0.225. The second-order valence-corrected chi connectivity index (χ2v) is 14.0. The Kier molecular flexibility index (Phi) is 6.94. The van der Waals surface area contributed by atoms with Crippen LogP contribution in [0, 0.1) is 28.4 Å². The van der Waals surface area contributed by atoms with E-state index in [9.17, 15) is 22.8 Å². The van der Waals surface area contributed by atoms with Crippen molar-refractivity contribution in [3.8, 4) is 23.2 Å². The molecule has 2 aromatic carbocycles. The Morgan fingerprint density at radius 3 is 2.58 bits per heavy atom. The Labute approximate surface area is 273 Å². The first-order chi connectivity index (χ1) is 22.9. The van der Waals surface area contributed by atoms with E-state index >= 15 is 4.39 Å². The van der Waals surface area contributed by atoms with E-state index in [2.05, 4.69) is 20.3 Å². The lowest BCUT2D eigenvalue weighted by atomic mass is 9.83. The van der Waals surface area contributed by atoms with E-state index in [4.69, 9.17) is 14.9 Å². The normalized spacial score (nSPS) is 20.4. The highest BCUT2D eigenvalue weighted by molar-refractivity contribution is 7.23. The van der Waals surface area contributed by atoms with Crippen molar-refractivity contribution >= 4 is 49.2 Å². The molecule has 0 radical (unpaired) electrons. The van der Waals surface area contributed by atoms with Gasteiger partial charge >= 0.3 is 12.2 Å². The van der Waals surface area contributed by atoms with Gasteiger partial charge in [0.15, 0.2) is 5.82 Å². The van der Waals surface area contributed by atoms with E-state index in [1.54, 1.807) is 6.20 Å². The molecule has 6 heterocycles. The van der Waals surface area contributed by atoms with Gasteiger partial charge in [-0.15, -0.1) is 11.3 Å². The maximum atomic E-state index is 17.0. The molecule has 48 heavy (non-hydrogen) atoms. The molecule has 3 aliphatic heterocycles. The minimum absolute atomic E-state index is 0.0897. The molecule has 0 amide bonds. The molecule has 2 unspecified atom stereocenters. The van der Waals surface area contributed by atoms with Crippen LogP contribution in [-0.4, -0.2) is 59.8 Å². The minimum atomic E-state index is -5.04. The van der Waals surface area contributed by atoms with Crippen LogP contribution in [0.1, 0.15) is 30.9 Å². The van der Waals surface area contributed by atoms with Crippen LogP contribution in [0.15, 0.2) is 35.1 Å². The number of hydrogen-bond donors (Lipinski definition) is 2. The highest BCUT2D eigenvalue weighted by Gasteiger charge is 2.43. The number of nitrogens with one attached hydrogen (secondary N) is 1. The third-order valence-corrected chi connectivity index (χ3v) is 10.3. The molecule has 0 spiro atoms. The minimum Gasteiger partial charge on any atom is -0.463 e. The van der Waals surface area contributed by atoms with Gasteiger partial charge in [-0.3, -0.25) is 0 Å². The van der Waals surface area contributed by atoms with Gasteiger partial charge in [0.05, 0.1) is 22.0 Å². The van der Waals surface area contributed by atoms with Crippen LogP contribution in [-0.2, 0) is 6.18 Å². The third kappa shape index (κ3) is 4.95. The molecular weight excluding hydrogens is 655 g/mol. The topological polar surface area (TPSA) is 129 Å². The average Bonchev–Trinajstić information content (AvgIpc) is 3.77. The highest BCUT2D eigenvalue weighted by Crippen LogP contribution is 2.48. The van der Waals surface area contributed by atoms with Crippen molar-refractivity contribution in [3.05, 3.63) is 53.4 Å². The molecule has 3 fully saturated rings. The van der Waals surface area contributed by atoms with Gasteiger partial charge in [-0.2, -0.15) is 28.4 Å². The quantitative estimate of drug-likeness (QED) is 0.203. The lowest BCUT2D eigenvalue weighted by Crippen LogP contribution is -2.57. The number of nitrogens with two attached hydrogens (primary N) is 1. The second kappa shape index (κ2) is 10.9.